The molecule has 0 fully saturated rings. The van der Waals surface area contributed by atoms with E-state index in [2.05, 4.69) is 21.2 Å². The van der Waals surface area contributed by atoms with Crippen LogP contribution in [0.2, 0.25) is 0 Å². The van der Waals surface area contributed by atoms with Crippen LogP contribution in [0.5, 0.6) is 5.75 Å². The summed E-state index contributed by atoms with van der Waals surface area (Å²) in [4.78, 5) is 11.4. The molecule has 0 bridgehead atoms. The molecule has 0 aliphatic heterocycles. The maximum absolute atomic E-state index is 14.1. The molecule has 1 atom stereocenters. The molecule has 0 aliphatic rings. The fourth-order valence-electron chi connectivity index (χ4n) is 1.95. The molecule has 0 heterocycles. The zero-order valence-electron chi connectivity index (χ0n) is 10.7. The standard InChI is InChI=1S/C15H13BrFNO2/c1-9(19)18-15(10-2-5-12(20)6-3-10)13-7-4-11(16)8-14(13)17/h2-8,15,20H,1H3,(H,18,19). The number of halogens is 2. The van der Waals surface area contributed by atoms with Crippen LogP contribution in [0.3, 0.4) is 0 Å². The molecule has 20 heavy (non-hydrogen) atoms. The first-order valence-electron chi connectivity index (χ1n) is 5.98. The molecule has 2 N–H and O–H groups in total. The van der Waals surface area contributed by atoms with E-state index >= 15 is 0 Å². The Morgan fingerprint density at radius 3 is 2.45 bits per heavy atom. The van der Waals surface area contributed by atoms with Gasteiger partial charge in [-0.2, -0.15) is 0 Å². The van der Waals surface area contributed by atoms with Gasteiger partial charge < -0.3 is 10.4 Å². The van der Waals surface area contributed by atoms with Gasteiger partial charge in [0.2, 0.25) is 5.91 Å². The van der Waals surface area contributed by atoms with E-state index in [1.165, 1.54) is 25.1 Å². The highest BCUT2D eigenvalue weighted by molar-refractivity contribution is 9.10. The lowest BCUT2D eigenvalue weighted by molar-refractivity contribution is -0.119. The summed E-state index contributed by atoms with van der Waals surface area (Å²) < 4.78 is 14.7. The van der Waals surface area contributed by atoms with Crippen molar-refractivity contribution in [1.82, 2.24) is 5.32 Å². The average molecular weight is 338 g/mol. The lowest BCUT2D eigenvalue weighted by Gasteiger charge is -2.19. The van der Waals surface area contributed by atoms with Crippen LogP contribution in [0.4, 0.5) is 4.39 Å². The van der Waals surface area contributed by atoms with Gasteiger partial charge in [0.05, 0.1) is 6.04 Å². The van der Waals surface area contributed by atoms with E-state index in [0.717, 1.165) is 0 Å². The van der Waals surface area contributed by atoms with Crippen LogP contribution in [0.15, 0.2) is 46.9 Å². The highest BCUT2D eigenvalue weighted by Gasteiger charge is 2.19. The van der Waals surface area contributed by atoms with Gasteiger partial charge in [-0.3, -0.25) is 4.79 Å². The first-order chi connectivity index (χ1) is 9.47. The number of aromatic hydroxyl groups is 1. The quantitative estimate of drug-likeness (QED) is 0.900. The number of amides is 1. The second-order valence-electron chi connectivity index (χ2n) is 4.39. The summed E-state index contributed by atoms with van der Waals surface area (Å²) >= 11 is 3.20. The minimum atomic E-state index is -0.596. The Morgan fingerprint density at radius 2 is 1.90 bits per heavy atom. The number of phenolic OH excluding ortho intramolecular Hbond substituents is 1. The Bertz CT molecular complexity index is 628. The van der Waals surface area contributed by atoms with Gasteiger partial charge in [0, 0.05) is 17.0 Å². The van der Waals surface area contributed by atoms with E-state index in [1.807, 2.05) is 0 Å². The number of benzene rings is 2. The van der Waals surface area contributed by atoms with Crippen LogP contribution in [0, 0.1) is 5.82 Å². The van der Waals surface area contributed by atoms with Gasteiger partial charge in [0.15, 0.2) is 0 Å². The molecule has 0 radical (unpaired) electrons. The molecule has 2 aromatic rings. The molecule has 0 aliphatic carbocycles. The predicted octanol–water partition coefficient (Wildman–Crippen LogP) is 3.52. The highest BCUT2D eigenvalue weighted by atomic mass is 79.9. The van der Waals surface area contributed by atoms with E-state index in [4.69, 9.17) is 0 Å². The van der Waals surface area contributed by atoms with Crippen LogP contribution in [-0.2, 0) is 4.79 Å². The zero-order valence-corrected chi connectivity index (χ0v) is 12.3. The van der Waals surface area contributed by atoms with Crippen molar-refractivity contribution >= 4 is 21.8 Å². The van der Waals surface area contributed by atoms with Crippen molar-refractivity contribution in [2.75, 3.05) is 0 Å². The SMILES string of the molecule is CC(=O)NC(c1ccc(O)cc1)c1ccc(Br)cc1F. The number of hydrogen-bond donors (Lipinski definition) is 2. The smallest absolute Gasteiger partial charge is 0.217 e. The summed E-state index contributed by atoms with van der Waals surface area (Å²) in [5.41, 5.74) is 1.06. The molecule has 0 spiro atoms. The molecular formula is C15H13BrFNO2. The molecule has 5 heteroatoms. The molecule has 104 valence electrons. The Morgan fingerprint density at radius 1 is 1.25 bits per heavy atom. The highest BCUT2D eigenvalue weighted by Crippen LogP contribution is 2.27. The Labute approximate surface area is 124 Å². The number of phenols is 1. The van der Waals surface area contributed by atoms with Gasteiger partial charge in [0.1, 0.15) is 11.6 Å². The maximum Gasteiger partial charge on any atom is 0.217 e. The topological polar surface area (TPSA) is 49.3 Å². The summed E-state index contributed by atoms with van der Waals surface area (Å²) in [5.74, 6) is -0.553. The fourth-order valence-corrected chi connectivity index (χ4v) is 2.28. The summed E-state index contributed by atoms with van der Waals surface area (Å²) in [6.07, 6.45) is 0. The van der Waals surface area contributed by atoms with Gasteiger partial charge in [-0.25, -0.2) is 4.39 Å². The lowest BCUT2D eigenvalue weighted by Crippen LogP contribution is -2.27. The monoisotopic (exact) mass is 337 g/mol. The lowest BCUT2D eigenvalue weighted by atomic mass is 9.98. The van der Waals surface area contributed by atoms with Gasteiger partial charge >= 0.3 is 0 Å². The van der Waals surface area contributed by atoms with E-state index in [9.17, 15) is 14.3 Å². The van der Waals surface area contributed by atoms with Crippen LogP contribution < -0.4 is 5.32 Å². The predicted molar refractivity (Wildman–Crippen MR) is 77.9 cm³/mol. The summed E-state index contributed by atoms with van der Waals surface area (Å²) in [7, 11) is 0. The van der Waals surface area contributed by atoms with E-state index in [-0.39, 0.29) is 11.7 Å². The van der Waals surface area contributed by atoms with Crippen LogP contribution in [-0.4, -0.2) is 11.0 Å². The number of nitrogens with one attached hydrogen (secondary N) is 1. The van der Waals surface area contributed by atoms with Crippen molar-refractivity contribution in [2.24, 2.45) is 0 Å². The largest absolute Gasteiger partial charge is 0.508 e. The van der Waals surface area contributed by atoms with Gasteiger partial charge in [-0.1, -0.05) is 34.1 Å². The molecule has 1 amide bonds. The Hall–Kier alpha value is -1.88. The van der Waals surface area contributed by atoms with Crippen molar-refractivity contribution < 1.29 is 14.3 Å². The molecular weight excluding hydrogens is 325 g/mol. The van der Waals surface area contributed by atoms with Gasteiger partial charge in [-0.15, -0.1) is 0 Å². The van der Waals surface area contributed by atoms with Crippen molar-refractivity contribution in [2.45, 2.75) is 13.0 Å². The second kappa shape index (κ2) is 6.05. The van der Waals surface area contributed by atoms with Gasteiger partial charge in [0.25, 0.3) is 0 Å². The third-order valence-electron chi connectivity index (χ3n) is 2.85. The van der Waals surface area contributed by atoms with Gasteiger partial charge in [-0.05, 0) is 29.8 Å². The van der Waals surface area contributed by atoms with Crippen molar-refractivity contribution in [3.05, 3.63) is 63.9 Å². The molecule has 2 rings (SSSR count). The van der Waals surface area contributed by atoms with Crippen LogP contribution >= 0.6 is 15.9 Å². The first-order valence-corrected chi connectivity index (χ1v) is 6.77. The van der Waals surface area contributed by atoms with Crippen molar-refractivity contribution in [3.63, 3.8) is 0 Å². The van der Waals surface area contributed by atoms with Crippen molar-refractivity contribution in [1.29, 1.82) is 0 Å². The number of carbonyl (C=O) groups excluding carboxylic acids is 1. The molecule has 3 nitrogen and oxygen atoms in total. The van der Waals surface area contributed by atoms with E-state index < -0.39 is 11.9 Å². The zero-order chi connectivity index (χ0) is 14.7. The number of carbonyl (C=O) groups is 1. The number of hydrogen-bond acceptors (Lipinski definition) is 2. The van der Waals surface area contributed by atoms with E-state index in [1.54, 1.807) is 24.3 Å². The molecule has 0 saturated carbocycles. The molecule has 0 saturated heterocycles. The summed E-state index contributed by atoms with van der Waals surface area (Å²) in [5, 5.41) is 12.0. The summed E-state index contributed by atoms with van der Waals surface area (Å²) in [6, 6.07) is 10.4. The second-order valence-corrected chi connectivity index (χ2v) is 5.31. The molecule has 1 unspecified atom stereocenters. The third kappa shape index (κ3) is 3.36. The molecule has 2 aromatic carbocycles. The van der Waals surface area contributed by atoms with Crippen LogP contribution in [0.1, 0.15) is 24.1 Å². The Kier molecular flexibility index (Phi) is 4.39. The first kappa shape index (κ1) is 14.5. The van der Waals surface area contributed by atoms with Crippen molar-refractivity contribution in [3.8, 4) is 5.75 Å². The average Bonchev–Trinajstić information content (AvgIpc) is 2.37. The van der Waals surface area contributed by atoms with E-state index in [0.29, 0.717) is 15.6 Å². The van der Waals surface area contributed by atoms with Crippen LogP contribution in [0.25, 0.3) is 0 Å². The molecule has 0 aromatic heterocycles. The Balaban J connectivity index is 2.46. The maximum atomic E-state index is 14.1. The minimum Gasteiger partial charge on any atom is -0.508 e. The normalized spacial score (nSPS) is 11.9. The number of rotatable bonds is 3. The fraction of sp³-hybridized carbons (Fsp3) is 0.133. The summed E-state index contributed by atoms with van der Waals surface area (Å²) in [6.45, 7) is 1.38. The minimum absolute atomic E-state index is 0.117. The third-order valence-corrected chi connectivity index (χ3v) is 3.34.